The van der Waals surface area contributed by atoms with Crippen molar-refractivity contribution >= 4 is 0 Å². The van der Waals surface area contributed by atoms with Crippen molar-refractivity contribution in [3.8, 4) is 5.75 Å². The van der Waals surface area contributed by atoms with E-state index >= 15 is 0 Å². The predicted molar refractivity (Wildman–Crippen MR) is 101 cm³/mol. The molecule has 0 bridgehead atoms. The summed E-state index contributed by atoms with van der Waals surface area (Å²) in [5.74, 6) is 0.0769. The molecule has 2 aromatic carbocycles. The van der Waals surface area contributed by atoms with Crippen molar-refractivity contribution in [2.75, 3.05) is 6.61 Å². The zero-order valence-electron chi connectivity index (χ0n) is 15.7. The topological polar surface area (TPSA) is 40.5 Å². The number of benzene rings is 2. The Morgan fingerprint density at radius 2 is 1.46 bits per heavy atom. The number of aliphatic hydroxyl groups excluding tert-OH is 1. The standard InChI is InChI=1S/C22H30O2/c1-21(2,3)16-12-17(20(24)19(13-16)22(4,5)6)18(14-23)15-10-8-7-9-11-15/h7-13,18,23-24H,14H2,1-6H3/t18-/m0/s1. The SMILES string of the molecule is CC(C)(C)c1cc([C@@H](CO)c2ccccc2)c(O)c(C(C)(C)C)c1. The van der Waals surface area contributed by atoms with Crippen molar-refractivity contribution in [1.82, 2.24) is 0 Å². The second-order valence-electron chi connectivity index (χ2n) is 8.61. The van der Waals surface area contributed by atoms with Crippen molar-refractivity contribution in [2.45, 2.75) is 58.3 Å². The lowest BCUT2D eigenvalue weighted by atomic mass is 9.76. The van der Waals surface area contributed by atoms with Gasteiger partial charge in [0.25, 0.3) is 0 Å². The molecule has 2 rings (SSSR count). The molecule has 0 aliphatic carbocycles. The van der Waals surface area contributed by atoms with Crippen LogP contribution in [0.2, 0.25) is 0 Å². The highest BCUT2D eigenvalue weighted by Crippen LogP contribution is 2.41. The smallest absolute Gasteiger partial charge is 0.123 e. The van der Waals surface area contributed by atoms with Gasteiger partial charge in [0.1, 0.15) is 5.75 Å². The molecule has 0 saturated heterocycles. The number of aromatic hydroxyl groups is 1. The molecule has 0 aliphatic rings. The van der Waals surface area contributed by atoms with E-state index in [1.54, 1.807) is 0 Å². The Balaban J connectivity index is 2.72. The van der Waals surface area contributed by atoms with E-state index in [0.717, 1.165) is 16.7 Å². The summed E-state index contributed by atoms with van der Waals surface area (Å²) < 4.78 is 0. The Hall–Kier alpha value is -1.80. The molecular formula is C22H30O2. The number of hydrogen-bond acceptors (Lipinski definition) is 2. The predicted octanol–water partition coefficient (Wildman–Crippen LogP) is 5.11. The molecule has 2 N–H and O–H groups in total. The molecule has 0 aromatic heterocycles. The fraction of sp³-hybridized carbons (Fsp3) is 0.455. The van der Waals surface area contributed by atoms with E-state index in [4.69, 9.17) is 0 Å². The van der Waals surface area contributed by atoms with Crippen molar-refractivity contribution in [2.24, 2.45) is 0 Å². The van der Waals surface area contributed by atoms with Gasteiger partial charge in [-0.3, -0.25) is 0 Å². The third kappa shape index (κ3) is 3.81. The molecule has 1 atom stereocenters. The van der Waals surface area contributed by atoms with E-state index in [9.17, 15) is 10.2 Å². The number of aliphatic hydroxyl groups is 1. The van der Waals surface area contributed by atoms with Gasteiger partial charge in [-0.15, -0.1) is 0 Å². The van der Waals surface area contributed by atoms with Crippen LogP contribution in [0.4, 0.5) is 0 Å². The van der Waals surface area contributed by atoms with E-state index < -0.39 is 0 Å². The molecule has 130 valence electrons. The molecule has 0 amide bonds. The minimum atomic E-state index is -0.227. The van der Waals surface area contributed by atoms with E-state index in [0.29, 0.717) is 5.75 Å². The molecule has 0 radical (unpaired) electrons. The van der Waals surface area contributed by atoms with Crippen LogP contribution in [0.3, 0.4) is 0 Å². The Morgan fingerprint density at radius 1 is 0.875 bits per heavy atom. The number of hydrogen-bond donors (Lipinski definition) is 2. The van der Waals surface area contributed by atoms with Crippen LogP contribution in [-0.2, 0) is 10.8 Å². The Bertz CT molecular complexity index is 688. The summed E-state index contributed by atoms with van der Waals surface area (Å²) in [5, 5.41) is 21.0. The molecule has 2 nitrogen and oxygen atoms in total. The second kappa shape index (κ2) is 6.60. The summed E-state index contributed by atoms with van der Waals surface area (Å²) in [5.41, 5.74) is 3.73. The van der Waals surface area contributed by atoms with E-state index in [2.05, 4.69) is 53.7 Å². The first-order chi connectivity index (χ1) is 11.1. The third-order valence-electron chi connectivity index (χ3n) is 4.57. The monoisotopic (exact) mass is 326 g/mol. The van der Waals surface area contributed by atoms with Gasteiger partial charge in [-0.1, -0.05) is 84.0 Å². The van der Waals surface area contributed by atoms with E-state index in [-0.39, 0.29) is 23.4 Å². The summed E-state index contributed by atoms with van der Waals surface area (Å²) in [6.07, 6.45) is 0. The highest BCUT2D eigenvalue weighted by Gasteiger charge is 2.28. The molecule has 0 aliphatic heterocycles. The van der Waals surface area contributed by atoms with Crippen LogP contribution in [0.25, 0.3) is 0 Å². The summed E-state index contributed by atoms with van der Waals surface area (Å²) >= 11 is 0. The first kappa shape index (κ1) is 18.5. The van der Waals surface area contributed by atoms with Crippen LogP contribution < -0.4 is 0 Å². The highest BCUT2D eigenvalue weighted by molar-refractivity contribution is 5.52. The number of rotatable bonds is 3. The summed E-state index contributed by atoms with van der Waals surface area (Å²) in [4.78, 5) is 0. The molecular weight excluding hydrogens is 296 g/mol. The lowest BCUT2D eigenvalue weighted by Gasteiger charge is -2.29. The summed E-state index contributed by atoms with van der Waals surface area (Å²) in [6, 6.07) is 14.1. The number of phenols is 1. The van der Waals surface area contributed by atoms with E-state index in [1.807, 2.05) is 30.3 Å². The third-order valence-corrected chi connectivity index (χ3v) is 4.57. The maximum Gasteiger partial charge on any atom is 0.123 e. The zero-order valence-corrected chi connectivity index (χ0v) is 15.7. The molecule has 2 aromatic rings. The van der Waals surface area contributed by atoms with Gasteiger partial charge in [0.2, 0.25) is 0 Å². The van der Waals surface area contributed by atoms with Crippen LogP contribution in [0.15, 0.2) is 42.5 Å². The molecule has 0 spiro atoms. The van der Waals surface area contributed by atoms with Crippen molar-refractivity contribution in [3.63, 3.8) is 0 Å². The van der Waals surface area contributed by atoms with Gasteiger partial charge in [-0.2, -0.15) is 0 Å². The average molecular weight is 326 g/mol. The molecule has 24 heavy (non-hydrogen) atoms. The van der Waals surface area contributed by atoms with Gasteiger partial charge in [0.15, 0.2) is 0 Å². The summed E-state index contributed by atoms with van der Waals surface area (Å²) in [7, 11) is 0. The average Bonchev–Trinajstić information content (AvgIpc) is 2.48. The fourth-order valence-electron chi connectivity index (χ4n) is 3.00. The van der Waals surface area contributed by atoms with E-state index in [1.165, 1.54) is 5.56 Å². The summed E-state index contributed by atoms with van der Waals surface area (Å²) in [6.45, 7) is 12.8. The van der Waals surface area contributed by atoms with Crippen LogP contribution in [0.5, 0.6) is 5.75 Å². The van der Waals surface area contributed by atoms with Gasteiger partial charge in [0, 0.05) is 11.5 Å². The van der Waals surface area contributed by atoms with Crippen molar-refractivity contribution in [1.29, 1.82) is 0 Å². The van der Waals surface area contributed by atoms with Crippen LogP contribution in [-0.4, -0.2) is 16.8 Å². The van der Waals surface area contributed by atoms with Gasteiger partial charge >= 0.3 is 0 Å². The maximum atomic E-state index is 11.0. The first-order valence-corrected chi connectivity index (χ1v) is 8.59. The quantitative estimate of drug-likeness (QED) is 0.822. The molecule has 0 saturated carbocycles. The fourth-order valence-corrected chi connectivity index (χ4v) is 3.00. The second-order valence-corrected chi connectivity index (χ2v) is 8.61. The van der Waals surface area contributed by atoms with Crippen LogP contribution in [0, 0.1) is 0 Å². The van der Waals surface area contributed by atoms with Gasteiger partial charge < -0.3 is 10.2 Å². The van der Waals surface area contributed by atoms with Crippen LogP contribution in [0.1, 0.15) is 69.7 Å². The maximum absolute atomic E-state index is 11.0. The lowest BCUT2D eigenvalue weighted by Crippen LogP contribution is -2.19. The van der Waals surface area contributed by atoms with Gasteiger partial charge in [-0.25, -0.2) is 0 Å². The normalized spacial score (nSPS) is 13.8. The Labute approximate surface area is 146 Å². The number of phenolic OH excluding ortho intramolecular Hbond substituents is 1. The molecule has 2 heteroatoms. The van der Waals surface area contributed by atoms with Gasteiger partial charge in [-0.05, 0) is 27.5 Å². The zero-order chi connectivity index (χ0) is 18.1. The van der Waals surface area contributed by atoms with Crippen LogP contribution >= 0.6 is 0 Å². The highest BCUT2D eigenvalue weighted by atomic mass is 16.3. The van der Waals surface area contributed by atoms with Crippen molar-refractivity contribution in [3.05, 3.63) is 64.7 Å². The Kier molecular flexibility index (Phi) is 5.10. The van der Waals surface area contributed by atoms with Crippen molar-refractivity contribution < 1.29 is 10.2 Å². The minimum absolute atomic E-state index is 0.0286. The first-order valence-electron chi connectivity index (χ1n) is 8.59. The minimum Gasteiger partial charge on any atom is -0.507 e. The molecule has 0 unspecified atom stereocenters. The Morgan fingerprint density at radius 3 is 1.92 bits per heavy atom. The molecule has 0 heterocycles. The lowest BCUT2D eigenvalue weighted by molar-refractivity contribution is 0.277. The largest absolute Gasteiger partial charge is 0.507 e. The van der Waals surface area contributed by atoms with Gasteiger partial charge in [0.05, 0.1) is 6.61 Å². The molecule has 0 fully saturated rings.